The molecule has 5 rings (SSSR count). The first kappa shape index (κ1) is 19.8. The molecule has 3 aromatic heterocycles. The van der Waals surface area contributed by atoms with Crippen molar-refractivity contribution in [2.75, 3.05) is 18.8 Å². The summed E-state index contributed by atoms with van der Waals surface area (Å²) in [7, 11) is 0. The number of imidazole rings is 1. The average Bonchev–Trinajstić information content (AvgIpc) is 3.45. The molecule has 0 spiro atoms. The fraction of sp³-hybridized carbons (Fsp3) is 0.273. The minimum Gasteiger partial charge on any atom is -0.368 e. The van der Waals surface area contributed by atoms with Crippen LogP contribution in [0.5, 0.6) is 0 Å². The second-order valence-electron chi connectivity index (χ2n) is 7.63. The van der Waals surface area contributed by atoms with Gasteiger partial charge in [-0.3, -0.25) is 9.88 Å². The first-order valence-electron chi connectivity index (χ1n) is 10.2. The molecule has 0 radical (unpaired) electrons. The molecule has 4 aromatic rings. The largest absolute Gasteiger partial charge is 0.368 e. The van der Waals surface area contributed by atoms with E-state index in [9.17, 15) is 4.39 Å². The Morgan fingerprint density at radius 3 is 2.61 bits per heavy atom. The molecule has 0 amide bonds. The number of anilines is 1. The van der Waals surface area contributed by atoms with Crippen molar-refractivity contribution in [1.82, 2.24) is 29.4 Å². The highest BCUT2D eigenvalue weighted by molar-refractivity contribution is 7.09. The van der Waals surface area contributed by atoms with Crippen LogP contribution in [0.2, 0.25) is 0 Å². The van der Waals surface area contributed by atoms with Gasteiger partial charge in [-0.1, -0.05) is 0 Å². The van der Waals surface area contributed by atoms with E-state index in [4.69, 9.17) is 10.7 Å². The summed E-state index contributed by atoms with van der Waals surface area (Å²) in [6.45, 7) is 2.94. The van der Waals surface area contributed by atoms with Gasteiger partial charge in [-0.2, -0.15) is 0 Å². The van der Waals surface area contributed by atoms with Gasteiger partial charge in [-0.15, -0.1) is 11.3 Å². The van der Waals surface area contributed by atoms with E-state index in [0.717, 1.165) is 55.1 Å². The van der Waals surface area contributed by atoms with Gasteiger partial charge in [0.15, 0.2) is 0 Å². The van der Waals surface area contributed by atoms with E-state index in [-0.39, 0.29) is 11.8 Å². The van der Waals surface area contributed by atoms with Crippen molar-refractivity contribution in [2.45, 2.75) is 25.4 Å². The summed E-state index contributed by atoms with van der Waals surface area (Å²) in [5.41, 5.74) is 11.0. The van der Waals surface area contributed by atoms with Crippen molar-refractivity contribution in [2.24, 2.45) is 0 Å². The molecular weight excluding hydrogens is 413 g/mol. The third kappa shape index (κ3) is 4.19. The molecule has 0 unspecified atom stereocenters. The Bertz CT molecular complexity index is 1150. The average molecular weight is 436 g/mol. The Morgan fingerprint density at radius 1 is 1.10 bits per heavy atom. The van der Waals surface area contributed by atoms with Crippen molar-refractivity contribution in [3.05, 3.63) is 65.3 Å². The van der Waals surface area contributed by atoms with Crippen molar-refractivity contribution in [3.63, 3.8) is 0 Å². The van der Waals surface area contributed by atoms with Crippen LogP contribution in [0.15, 0.2) is 54.6 Å². The van der Waals surface area contributed by atoms with Crippen LogP contribution in [-0.4, -0.2) is 42.5 Å². The summed E-state index contributed by atoms with van der Waals surface area (Å²) in [5, 5.41) is 0. The maximum Gasteiger partial charge on any atom is 0.220 e. The number of nitrogens with two attached hydrogens (primary N) is 1. The summed E-state index contributed by atoms with van der Waals surface area (Å²) in [4.78, 5) is 21.1. The van der Waals surface area contributed by atoms with Crippen LogP contribution in [-0.2, 0) is 6.54 Å². The number of piperidine rings is 1. The fourth-order valence-electron chi connectivity index (χ4n) is 4.11. The van der Waals surface area contributed by atoms with Gasteiger partial charge in [0.2, 0.25) is 5.95 Å². The summed E-state index contributed by atoms with van der Waals surface area (Å²) in [6.07, 6.45) is 7.48. The number of thiazole rings is 1. The van der Waals surface area contributed by atoms with Gasteiger partial charge >= 0.3 is 0 Å². The zero-order valence-corrected chi connectivity index (χ0v) is 17.7. The summed E-state index contributed by atoms with van der Waals surface area (Å²) >= 11 is 1.70. The van der Waals surface area contributed by atoms with Gasteiger partial charge in [0.05, 0.1) is 28.9 Å². The Hall–Kier alpha value is -3.17. The maximum absolute atomic E-state index is 13.5. The molecule has 1 aromatic carbocycles. The maximum atomic E-state index is 13.5. The van der Waals surface area contributed by atoms with E-state index >= 15 is 0 Å². The molecule has 158 valence electrons. The normalized spacial score (nSPS) is 15.4. The fourth-order valence-corrected chi connectivity index (χ4v) is 4.75. The third-order valence-corrected chi connectivity index (χ3v) is 6.41. The molecule has 0 saturated carbocycles. The Balaban J connectivity index is 1.45. The number of nitrogen functional groups attached to an aromatic ring is 1. The molecule has 1 fully saturated rings. The van der Waals surface area contributed by atoms with Crippen LogP contribution in [0.4, 0.5) is 10.3 Å². The molecule has 0 atom stereocenters. The van der Waals surface area contributed by atoms with E-state index in [1.807, 2.05) is 24.1 Å². The van der Waals surface area contributed by atoms with Gasteiger partial charge in [0.1, 0.15) is 5.82 Å². The zero-order chi connectivity index (χ0) is 21.2. The SMILES string of the molecule is Nc1nccc(-c2c(-c3ccc(F)cc3)ncn2C2CCN(Cc3cncs3)CC2)n1. The van der Waals surface area contributed by atoms with Gasteiger partial charge in [0, 0.05) is 48.5 Å². The van der Waals surface area contributed by atoms with Crippen LogP contribution in [0.25, 0.3) is 22.6 Å². The molecule has 1 saturated heterocycles. The topological polar surface area (TPSA) is 85.8 Å². The van der Waals surface area contributed by atoms with Gasteiger partial charge in [0.25, 0.3) is 0 Å². The van der Waals surface area contributed by atoms with Crippen molar-refractivity contribution < 1.29 is 4.39 Å². The smallest absolute Gasteiger partial charge is 0.220 e. The Labute approximate surface area is 183 Å². The predicted octanol–water partition coefficient (Wildman–Crippen LogP) is 4.02. The van der Waals surface area contributed by atoms with Crippen LogP contribution in [0.1, 0.15) is 23.8 Å². The number of halogens is 1. The molecule has 31 heavy (non-hydrogen) atoms. The molecule has 0 aliphatic carbocycles. The van der Waals surface area contributed by atoms with E-state index in [1.54, 1.807) is 29.7 Å². The van der Waals surface area contributed by atoms with E-state index in [2.05, 4.69) is 24.4 Å². The molecule has 2 N–H and O–H groups in total. The lowest BCUT2D eigenvalue weighted by molar-refractivity contribution is 0.181. The summed E-state index contributed by atoms with van der Waals surface area (Å²) in [6, 6.07) is 8.53. The number of aromatic nitrogens is 5. The first-order valence-corrected chi connectivity index (χ1v) is 11.1. The van der Waals surface area contributed by atoms with Crippen LogP contribution < -0.4 is 5.73 Å². The molecule has 7 nitrogen and oxygen atoms in total. The van der Waals surface area contributed by atoms with Crippen molar-refractivity contribution in [1.29, 1.82) is 0 Å². The molecule has 1 aliphatic rings. The molecule has 1 aliphatic heterocycles. The highest BCUT2D eigenvalue weighted by atomic mass is 32.1. The highest BCUT2D eigenvalue weighted by Crippen LogP contribution is 2.35. The molecule has 0 bridgehead atoms. The number of nitrogens with zero attached hydrogens (tertiary/aromatic N) is 6. The molecule has 9 heteroatoms. The lowest BCUT2D eigenvalue weighted by atomic mass is 10.0. The van der Waals surface area contributed by atoms with Crippen LogP contribution in [0.3, 0.4) is 0 Å². The number of hydrogen-bond donors (Lipinski definition) is 1. The minimum absolute atomic E-state index is 0.217. The third-order valence-electron chi connectivity index (χ3n) is 5.64. The lowest BCUT2D eigenvalue weighted by Crippen LogP contribution is -2.34. The van der Waals surface area contributed by atoms with Gasteiger partial charge in [-0.05, 0) is 43.2 Å². The molecule has 4 heterocycles. The number of likely N-dealkylation sites (tertiary alicyclic amines) is 1. The van der Waals surface area contributed by atoms with Gasteiger partial charge in [-0.25, -0.2) is 19.3 Å². The number of benzene rings is 1. The quantitative estimate of drug-likeness (QED) is 0.510. The van der Waals surface area contributed by atoms with E-state index in [0.29, 0.717) is 6.04 Å². The Morgan fingerprint density at radius 2 is 1.90 bits per heavy atom. The monoisotopic (exact) mass is 435 g/mol. The second-order valence-corrected chi connectivity index (χ2v) is 8.60. The summed E-state index contributed by atoms with van der Waals surface area (Å²) < 4.78 is 15.7. The minimum atomic E-state index is -0.274. The van der Waals surface area contributed by atoms with E-state index in [1.165, 1.54) is 17.0 Å². The lowest BCUT2D eigenvalue weighted by Gasteiger charge is -2.33. The van der Waals surface area contributed by atoms with Crippen molar-refractivity contribution in [3.8, 4) is 22.6 Å². The predicted molar refractivity (Wildman–Crippen MR) is 119 cm³/mol. The second kappa shape index (κ2) is 8.52. The van der Waals surface area contributed by atoms with Gasteiger partial charge < -0.3 is 10.3 Å². The zero-order valence-electron chi connectivity index (χ0n) is 16.9. The first-order chi connectivity index (χ1) is 15.2. The van der Waals surface area contributed by atoms with Crippen LogP contribution >= 0.6 is 11.3 Å². The van der Waals surface area contributed by atoms with E-state index < -0.39 is 0 Å². The standard InChI is InChI=1S/C22H22FN7S/c23-16-3-1-15(2-4-16)20-21(19-5-8-26-22(24)28-19)30(13-27-20)17-6-9-29(10-7-17)12-18-11-25-14-31-18/h1-5,8,11,13-14,17H,6-7,9-10,12H2,(H2,24,26,28). The highest BCUT2D eigenvalue weighted by Gasteiger charge is 2.26. The Kier molecular flexibility index (Phi) is 5.44. The summed E-state index contributed by atoms with van der Waals surface area (Å²) in [5.74, 6) is -0.0565. The van der Waals surface area contributed by atoms with Crippen LogP contribution in [0, 0.1) is 5.82 Å². The van der Waals surface area contributed by atoms with Crippen molar-refractivity contribution >= 4 is 17.3 Å². The number of hydrogen-bond acceptors (Lipinski definition) is 7. The number of rotatable bonds is 5. The molecular formula is C22H22FN7S.